The molecule has 3 aromatic rings. The summed E-state index contributed by atoms with van der Waals surface area (Å²) in [4.78, 5) is 3.86. The van der Waals surface area contributed by atoms with Gasteiger partial charge < -0.3 is 10.1 Å². The van der Waals surface area contributed by atoms with Gasteiger partial charge in [-0.25, -0.2) is 8.42 Å². The molecule has 0 saturated heterocycles. The van der Waals surface area contributed by atoms with E-state index in [0.29, 0.717) is 22.4 Å². The van der Waals surface area contributed by atoms with Crippen LogP contribution in [0.2, 0.25) is 0 Å². The number of fused-ring (bicyclic) bond motifs is 1. The zero-order valence-corrected chi connectivity index (χ0v) is 17.5. The lowest BCUT2D eigenvalue weighted by molar-refractivity contribution is -0.0516. The molecule has 0 unspecified atom stereocenters. The van der Waals surface area contributed by atoms with Crippen molar-refractivity contribution >= 4 is 32.2 Å². The molecule has 0 bridgehead atoms. The average molecular weight is 424 g/mol. The second-order valence-corrected chi connectivity index (χ2v) is 10.3. The van der Waals surface area contributed by atoms with Crippen molar-refractivity contribution in [3.63, 3.8) is 0 Å². The van der Waals surface area contributed by atoms with Crippen LogP contribution in [0.5, 0.6) is 5.75 Å². The predicted molar refractivity (Wildman–Crippen MR) is 107 cm³/mol. The number of ether oxygens (including phenoxy) is 1. The molecule has 0 fully saturated rings. The van der Waals surface area contributed by atoms with Gasteiger partial charge in [-0.15, -0.1) is 0 Å². The minimum absolute atomic E-state index is 0.309. The van der Waals surface area contributed by atoms with Crippen LogP contribution in [-0.2, 0) is 9.84 Å². The lowest BCUT2D eigenvalue weighted by Gasteiger charge is -2.22. The standard InChI is InChI=1S/C19H22F2N4O3S/c1-10-11(2)24-25-17(10)23-13-6-7-22-14-9-15(28-18(20)21)16(8-12(13)14)29(26,27)19(3,4)5/h6-9,18H,1-5H3,(H2,22,23,24,25). The molecule has 0 amide bonds. The van der Waals surface area contributed by atoms with Crippen LogP contribution in [0, 0.1) is 13.8 Å². The number of hydrogen-bond acceptors (Lipinski definition) is 6. The summed E-state index contributed by atoms with van der Waals surface area (Å²) in [6.07, 6.45) is 1.49. The van der Waals surface area contributed by atoms with Gasteiger partial charge in [0.15, 0.2) is 15.7 Å². The third-order valence-electron chi connectivity index (χ3n) is 4.62. The lowest BCUT2D eigenvalue weighted by atomic mass is 10.1. The molecule has 2 heterocycles. The van der Waals surface area contributed by atoms with Crippen LogP contribution in [0.3, 0.4) is 0 Å². The van der Waals surface area contributed by atoms with E-state index in [2.05, 4.69) is 25.2 Å². The number of hydrogen-bond donors (Lipinski definition) is 2. The van der Waals surface area contributed by atoms with Gasteiger partial charge in [-0.05, 0) is 46.8 Å². The molecule has 2 N–H and O–H groups in total. The largest absolute Gasteiger partial charge is 0.433 e. The molecule has 0 spiro atoms. The molecule has 2 aromatic heterocycles. The second kappa shape index (κ2) is 7.25. The molecule has 0 radical (unpaired) electrons. The first-order valence-corrected chi connectivity index (χ1v) is 10.3. The number of rotatable bonds is 5. The van der Waals surface area contributed by atoms with Crippen LogP contribution in [0.4, 0.5) is 20.3 Å². The van der Waals surface area contributed by atoms with Crippen LogP contribution in [-0.4, -0.2) is 35.0 Å². The van der Waals surface area contributed by atoms with Crippen LogP contribution < -0.4 is 10.1 Å². The SMILES string of the molecule is Cc1[nH]nc(Nc2ccnc3cc(OC(F)F)c(S(=O)(=O)C(C)(C)C)cc23)c1C. The number of alkyl halides is 2. The number of benzene rings is 1. The van der Waals surface area contributed by atoms with E-state index in [1.807, 2.05) is 13.8 Å². The van der Waals surface area contributed by atoms with Crippen molar-refractivity contribution in [2.24, 2.45) is 0 Å². The van der Waals surface area contributed by atoms with Gasteiger partial charge in [-0.2, -0.15) is 13.9 Å². The molecule has 0 aliphatic heterocycles. The number of aromatic nitrogens is 3. The normalized spacial score (nSPS) is 12.6. The van der Waals surface area contributed by atoms with Gasteiger partial charge in [0.25, 0.3) is 0 Å². The van der Waals surface area contributed by atoms with Crippen molar-refractivity contribution in [2.45, 2.75) is 50.9 Å². The zero-order valence-electron chi connectivity index (χ0n) is 16.7. The third kappa shape index (κ3) is 3.89. The number of halogens is 2. The Bertz CT molecular complexity index is 1170. The van der Waals surface area contributed by atoms with Crippen LogP contribution in [0.1, 0.15) is 32.0 Å². The van der Waals surface area contributed by atoms with E-state index in [-0.39, 0.29) is 4.90 Å². The highest BCUT2D eigenvalue weighted by molar-refractivity contribution is 7.92. The first-order valence-electron chi connectivity index (χ1n) is 8.82. The van der Waals surface area contributed by atoms with E-state index >= 15 is 0 Å². The van der Waals surface area contributed by atoms with Crippen molar-refractivity contribution in [3.8, 4) is 5.75 Å². The quantitative estimate of drug-likeness (QED) is 0.626. The van der Waals surface area contributed by atoms with Crippen molar-refractivity contribution in [3.05, 3.63) is 35.7 Å². The maximum atomic E-state index is 13.0. The van der Waals surface area contributed by atoms with Crippen molar-refractivity contribution < 1.29 is 21.9 Å². The molecule has 1 aromatic carbocycles. The maximum absolute atomic E-state index is 13.0. The summed E-state index contributed by atoms with van der Waals surface area (Å²) in [5, 5.41) is 10.6. The molecular formula is C19H22F2N4O3S. The fraction of sp³-hybridized carbons (Fsp3) is 0.368. The highest BCUT2D eigenvalue weighted by Gasteiger charge is 2.34. The van der Waals surface area contributed by atoms with E-state index in [0.717, 1.165) is 11.3 Å². The number of aromatic amines is 1. The van der Waals surface area contributed by atoms with E-state index in [1.54, 1.807) is 6.07 Å². The van der Waals surface area contributed by atoms with Crippen molar-refractivity contribution in [1.82, 2.24) is 15.2 Å². The number of H-pyrrole nitrogens is 1. The van der Waals surface area contributed by atoms with Gasteiger partial charge in [0.05, 0.1) is 16.0 Å². The van der Waals surface area contributed by atoms with Crippen LogP contribution in [0.15, 0.2) is 29.3 Å². The molecule has 156 valence electrons. The Morgan fingerprint density at radius 3 is 2.45 bits per heavy atom. The highest BCUT2D eigenvalue weighted by atomic mass is 32.2. The van der Waals surface area contributed by atoms with Crippen molar-refractivity contribution in [1.29, 1.82) is 0 Å². The highest BCUT2D eigenvalue weighted by Crippen LogP contribution is 2.38. The van der Waals surface area contributed by atoms with E-state index in [4.69, 9.17) is 0 Å². The minimum Gasteiger partial charge on any atom is -0.433 e. The van der Waals surface area contributed by atoms with Gasteiger partial charge in [0.2, 0.25) is 0 Å². The fourth-order valence-corrected chi connectivity index (χ4v) is 4.03. The lowest BCUT2D eigenvalue weighted by Crippen LogP contribution is -2.28. The number of nitrogens with one attached hydrogen (secondary N) is 2. The molecule has 0 aliphatic rings. The Morgan fingerprint density at radius 1 is 1.21 bits per heavy atom. The summed E-state index contributed by atoms with van der Waals surface area (Å²) in [6, 6.07) is 4.19. The topological polar surface area (TPSA) is 97.0 Å². The Balaban J connectivity index is 2.24. The number of sulfone groups is 1. The monoisotopic (exact) mass is 424 g/mol. The van der Waals surface area contributed by atoms with Gasteiger partial charge >= 0.3 is 6.61 Å². The zero-order chi connectivity index (χ0) is 21.6. The van der Waals surface area contributed by atoms with Crippen LogP contribution in [0.25, 0.3) is 10.9 Å². The van der Waals surface area contributed by atoms with E-state index in [1.165, 1.54) is 39.1 Å². The summed E-state index contributed by atoms with van der Waals surface area (Å²) in [5.74, 6) is 0.141. The molecule has 0 saturated carbocycles. The number of nitrogens with zero attached hydrogens (tertiary/aromatic N) is 2. The molecule has 0 aliphatic carbocycles. The first kappa shape index (κ1) is 21.0. The summed E-state index contributed by atoms with van der Waals surface area (Å²) >= 11 is 0. The Kier molecular flexibility index (Phi) is 5.24. The van der Waals surface area contributed by atoms with Gasteiger partial charge in [0.1, 0.15) is 10.6 Å². The smallest absolute Gasteiger partial charge is 0.387 e. The van der Waals surface area contributed by atoms with Crippen molar-refractivity contribution in [2.75, 3.05) is 5.32 Å². The van der Waals surface area contributed by atoms with Gasteiger partial charge in [-0.1, -0.05) is 0 Å². The molecule has 29 heavy (non-hydrogen) atoms. The number of aryl methyl sites for hydroxylation is 1. The van der Waals surface area contributed by atoms with Gasteiger partial charge in [0, 0.05) is 28.9 Å². The summed E-state index contributed by atoms with van der Waals surface area (Å²) in [5.41, 5.74) is 2.63. The van der Waals surface area contributed by atoms with Crippen LogP contribution >= 0.6 is 0 Å². The van der Waals surface area contributed by atoms with E-state index in [9.17, 15) is 17.2 Å². The van der Waals surface area contributed by atoms with E-state index < -0.39 is 26.9 Å². The van der Waals surface area contributed by atoms with Gasteiger partial charge in [-0.3, -0.25) is 10.1 Å². The Hall–Kier alpha value is -2.75. The Morgan fingerprint density at radius 2 is 1.90 bits per heavy atom. The maximum Gasteiger partial charge on any atom is 0.387 e. The molecule has 10 heteroatoms. The number of anilines is 2. The Labute approximate surface area is 167 Å². The summed E-state index contributed by atoms with van der Waals surface area (Å²) in [6.45, 7) is 5.08. The third-order valence-corrected chi connectivity index (χ3v) is 7.14. The number of pyridine rings is 1. The first-order chi connectivity index (χ1) is 13.4. The molecular weight excluding hydrogens is 402 g/mol. The molecule has 3 rings (SSSR count). The summed E-state index contributed by atoms with van der Waals surface area (Å²) in [7, 11) is -3.97. The molecule has 7 nitrogen and oxygen atoms in total. The second-order valence-electron chi connectivity index (χ2n) is 7.62. The fourth-order valence-electron chi connectivity index (χ4n) is 2.72. The molecule has 0 atom stereocenters. The minimum atomic E-state index is -3.97. The average Bonchev–Trinajstić information content (AvgIpc) is 2.92. The predicted octanol–water partition coefficient (Wildman–Crippen LogP) is 4.49. The summed E-state index contributed by atoms with van der Waals surface area (Å²) < 4.78 is 55.3.